The van der Waals surface area contributed by atoms with Gasteiger partial charge in [0, 0.05) is 6.42 Å². The van der Waals surface area contributed by atoms with Crippen LogP contribution in [0.25, 0.3) is 0 Å². The Morgan fingerprint density at radius 1 is 1.00 bits per heavy atom. The topological polar surface area (TPSA) is 12.5 Å². The summed E-state index contributed by atoms with van der Waals surface area (Å²) in [5, 5.41) is 0. The van der Waals surface area contributed by atoms with Gasteiger partial charge in [-0.2, -0.15) is 0 Å². The number of hydrogen-bond donors (Lipinski definition) is 0. The summed E-state index contributed by atoms with van der Waals surface area (Å²) < 4.78 is 6.05. The van der Waals surface area contributed by atoms with Gasteiger partial charge in [0.1, 0.15) is 11.7 Å². The van der Waals surface area contributed by atoms with Crippen LogP contribution in [0.3, 0.4) is 0 Å². The van der Waals surface area contributed by atoms with E-state index in [0.29, 0.717) is 0 Å². The van der Waals surface area contributed by atoms with Gasteiger partial charge in [0.2, 0.25) is 0 Å². The highest BCUT2D eigenvalue weighted by atomic mass is 16.6. The molecule has 2 aromatic carbocycles. The van der Waals surface area contributed by atoms with Crippen molar-refractivity contribution in [3.8, 4) is 0 Å². The first-order chi connectivity index (χ1) is 8.87. The van der Waals surface area contributed by atoms with E-state index >= 15 is 0 Å². The fourth-order valence-corrected chi connectivity index (χ4v) is 2.57. The molecule has 2 unspecified atom stereocenters. The standard InChI is InChI=1S/C17H16O/c1-2-13-17(15-11-7-4-8-12-15)16(18-17)14-9-5-3-6-10-14/h2-12,16H,1,13H2. The smallest absolute Gasteiger partial charge is 0.128 e. The van der Waals surface area contributed by atoms with Crippen LogP contribution < -0.4 is 0 Å². The van der Waals surface area contributed by atoms with E-state index in [1.165, 1.54) is 11.1 Å². The largest absolute Gasteiger partial charge is 0.356 e. The van der Waals surface area contributed by atoms with Crippen LogP contribution in [-0.4, -0.2) is 0 Å². The Kier molecular flexibility index (Phi) is 2.77. The van der Waals surface area contributed by atoms with E-state index < -0.39 is 0 Å². The van der Waals surface area contributed by atoms with Gasteiger partial charge in [0.05, 0.1) is 0 Å². The summed E-state index contributed by atoms with van der Waals surface area (Å²) >= 11 is 0. The van der Waals surface area contributed by atoms with E-state index in [2.05, 4.69) is 55.1 Å². The summed E-state index contributed by atoms with van der Waals surface area (Å²) in [6.45, 7) is 3.86. The quantitative estimate of drug-likeness (QED) is 0.571. The van der Waals surface area contributed by atoms with Gasteiger partial charge in [-0.1, -0.05) is 66.7 Å². The molecule has 0 bridgehead atoms. The number of epoxide rings is 1. The summed E-state index contributed by atoms with van der Waals surface area (Å²) in [5.74, 6) is 0. The lowest BCUT2D eigenvalue weighted by Crippen LogP contribution is -2.08. The molecule has 0 aromatic heterocycles. The number of hydrogen-bond acceptors (Lipinski definition) is 1. The van der Waals surface area contributed by atoms with E-state index in [9.17, 15) is 0 Å². The zero-order chi connectivity index (χ0) is 12.4. The van der Waals surface area contributed by atoms with E-state index in [0.717, 1.165) is 6.42 Å². The molecule has 0 N–H and O–H groups in total. The summed E-state index contributed by atoms with van der Waals surface area (Å²) in [7, 11) is 0. The minimum absolute atomic E-state index is 0.152. The molecule has 0 radical (unpaired) electrons. The normalized spacial score (nSPS) is 25.7. The van der Waals surface area contributed by atoms with E-state index in [1.807, 2.05) is 18.2 Å². The molecule has 0 saturated carbocycles. The average molecular weight is 236 g/mol. The average Bonchev–Trinajstić information content (AvgIpc) is 3.17. The Bertz CT molecular complexity index is 532. The fraction of sp³-hybridized carbons (Fsp3) is 0.176. The molecule has 1 nitrogen and oxygen atoms in total. The van der Waals surface area contributed by atoms with Crippen molar-refractivity contribution in [1.82, 2.24) is 0 Å². The SMILES string of the molecule is C=CCC1(c2ccccc2)OC1c1ccccc1. The number of rotatable bonds is 4. The molecule has 90 valence electrons. The molecular weight excluding hydrogens is 220 g/mol. The van der Waals surface area contributed by atoms with Crippen molar-refractivity contribution >= 4 is 0 Å². The Labute approximate surface area is 108 Å². The Morgan fingerprint density at radius 3 is 2.22 bits per heavy atom. The first-order valence-electron chi connectivity index (χ1n) is 6.26. The summed E-state index contributed by atoms with van der Waals surface area (Å²) in [4.78, 5) is 0. The summed E-state index contributed by atoms with van der Waals surface area (Å²) in [6.07, 6.45) is 2.94. The molecule has 0 aliphatic carbocycles. The minimum atomic E-state index is -0.204. The highest BCUT2D eigenvalue weighted by Gasteiger charge is 2.57. The van der Waals surface area contributed by atoms with Gasteiger partial charge in [-0.05, 0) is 11.1 Å². The van der Waals surface area contributed by atoms with E-state index in [4.69, 9.17) is 4.74 Å². The van der Waals surface area contributed by atoms with Crippen molar-refractivity contribution in [3.63, 3.8) is 0 Å². The molecule has 1 heteroatoms. The lowest BCUT2D eigenvalue weighted by molar-refractivity contribution is 0.298. The number of benzene rings is 2. The summed E-state index contributed by atoms with van der Waals surface area (Å²) in [6, 6.07) is 20.8. The van der Waals surface area contributed by atoms with Crippen molar-refractivity contribution in [2.45, 2.75) is 18.1 Å². The van der Waals surface area contributed by atoms with Crippen LogP contribution in [0.5, 0.6) is 0 Å². The second-order valence-corrected chi connectivity index (χ2v) is 4.66. The predicted molar refractivity (Wildman–Crippen MR) is 73.2 cm³/mol. The molecular formula is C17H16O. The van der Waals surface area contributed by atoms with Crippen LogP contribution in [0.15, 0.2) is 73.3 Å². The van der Waals surface area contributed by atoms with Gasteiger partial charge in [0.15, 0.2) is 0 Å². The molecule has 1 heterocycles. The van der Waals surface area contributed by atoms with Gasteiger partial charge >= 0.3 is 0 Å². The van der Waals surface area contributed by atoms with Crippen LogP contribution in [0.4, 0.5) is 0 Å². The van der Waals surface area contributed by atoms with Crippen LogP contribution in [0, 0.1) is 0 Å². The molecule has 2 atom stereocenters. The minimum Gasteiger partial charge on any atom is -0.356 e. The van der Waals surface area contributed by atoms with Crippen LogP contribution in [-0.2, 0) is 10.3 Å². The van der Waals surface area contributed by atoms with Crippen molar-refractivity contribution < 1.29 is 4.74 Å². The molecule has 0 spiro atoms. The highest BCUT2D eigenvalue weighted by Crippen LogP contribution is 2.59. The third-order valence-electron chi connectivity index (χ3n) is 3.51. The Hall–Kier alpha value is -1.86. The summed E-state index contributed by atoms with van der Waals surface area (Å²) in [5.41, 5.74) is 2.27. The molecule has 2 aromatic rings. The molecule has 3 rings (SSSR count). The van der Waals surface area contributed by atoms with Crippen molar-refractivity contribution in [2.24, 2.45) is 0 Å². The van der Waals surface area contributed by atoms with Gasteiger partial charge < -0.3 is 4.74 Å². The molecule has 1 fully saturated rings. The molecule has 1 aliphatic rings. The second kappa shape index (κ2) is 4.43. The highest BCUT2D eigenvalue weighted by molar-refractivity contribution is 5.36. The van der Waals surface area contributed by atoms with Gasteiger partial charge in [0.25, 0.3) is 0 Å². The van der Waals surface area contributed by atoms with Crippen LogP contribution >= 0.6 is 0 Å². The third-order valence-corrected chi connectivity index (χ3v) is 3.51. The Morgan fingerprint density at radius 2 is 1.61 bits per heavy atom. The first-order valence-corrected chi connectivity index (χ1v) is 6.26. The van der Waals surface area contributed by atoms with Crippen molar-refractivity contribution in [2.75, 3.05) is 0 Å². The van der Waals surface area contributed by atoms with Gasteiger partial charge in [-0.25, -0.2) is 0 Å². The Balaban J connectivity index is 1.95. The first kappa shape index (κ1) is 11.2. The fourth-order valence-electron chi connectivity index (χ4n) is 2.57. The molecule has 18 heavy (non-hydrogen) atoms. The monoisotopic (exact) mass is 236 g/mol. The zero-order valence-electron chi connectivity index (χ0n) is 10.3. The third kappa shape index (κ3) is 1.77. The maximum absolute atomic E-state index is 6.05. The van der Waals surface area contributed by atoms with Gasteiger partial charge in [-0.15, -0.1) is 6.58 Å². The van der Waals surface area contributed by atoms with E-state index in [-0.39, 0.29) is 11.7 Å². The molecule has 1 aliphatic heterocycles. The predicted octanol–water partition coefficient (Wildman–Crippen LogP) is 4.23. The lowest BCUT2D eigenvalue weighted by atomic mass is 9.89. The second-order valence-electron chi connectivity index (χ2n) is 4.66. The van der Waals surface area contributed by atoms with Crippen molar-refractivity contribution in [1.29, 1.82) is 0 Å². The van der Waals surface area contributed by atoms with Crippen LogP contribution in [0.1, 0.15) is 23.7 Å². The zero-order valence-corrected chi connectivity index (χ0v) is 10.3. The van der Waals surface area contributed by atoms with Crippen LogP contribution in [0.2, 0.25) is 0 Å². The van der Waals surface area contributed by atoms with Gasteiger partial charge in [-0.3, -0.25) is 0 Å². The number of ether oxygens (including phenoxy) is 1. The van der Waals surface area contributed by atoms with Crippen molar-refractivity contribution in [3.05, 3.63) is 84.4 Å². The van der Waals surface area contributed by atoms with E-state index in [1.54, 1.807) is 0 Å². The molecule has 0 amide bonds. The maximum atomic E-state index is 6.05. The lowest BCUT2D eigenvalue weighted by Gasteiger charge is -2.11. The maximum Gasteiger partial charge on any atom is 0.128 e. The molecule has 1 saturated heterocycles.